The van der Waals surface area contributed by atoms with Gasteiger partial charge in [0.15, 0.2) is 0 Å². The Morgan fingerprint density at radius 3 is 2.80 bits per heavy atom. The summed E-state index contributed by atoms with van der Waals surface area (Å²) in [4.78, 5) is 29.1. The highest BCUT2D eigenvalue weighted by Gasteiger charge is 2.30. The lowest BCUT2D eigenvalue weighted by Crippen LogP contribution is -2.51. The van der Waals surface area contributed by atoms with E-state index in [2.05, 4.69) is 4.98 Å². The van der Waals surface area contributed by atoms with Crippen LogP contribution < -0.4 is 0 Å². The van der Waals surface area contributed by atoms with Crippen molar-refractivity contribution < 1.29 is 19.4 Å². The molecule has 0 bridgehead atoms. The monoisotopic (exact) mass is 278 g/mol. The van der Waals surface area contributed by atoms with E-state index in [1.54, 1.807) is 11.0 Å². The Balaban J connectivity index is 2.24. The van der Waals surface area contributed by atoms with Gasteiger partial charge in [0.2, 0.25) is 0 Å². The van der Waals surface area contributed by atoms with Crippen LogP contribution >= 0.6 is 0 Å². The van der Waals surface area contributed by atoms with Crippen molar-refractivity contribution >= 4 is 11.9 Å². The summed E-state index contributed by atoms with van der Waals surface area (Å²) in [5, 5.41) is 8.93. The van der Waals surface area contributed by atoms with Gasteiger partial charge in [-0.3, -0.25) is 4.79 Å². The number of rotatable bonds is 3. The highest BCUT2D eigenvalue weighted by atomic mass is 16.5. The minimum Gasteiger partial charge on any atom is -0.477 e. The van der Waals surface area contributed by atoms with E-state index >= 15 is 0 Å². The second-order valence-corrected chi connectivity index (χ2v) is 4.88. The molecule has 1 aromatic heterocycles. The minimum absolute atomic E-state index is 0.00832. The number of carboxylic acid groups (broad SMARTS) is 1. The van der Waals surface area contributed by atoms with Crippen LogP contribution in [0.2, 0.25) is 0 Å². The molecule has 1 aliphatic rings. The van der Waals surface area contributed by atoms with E-state index in [1.807, 2.05) is 13.8 Å². The SMILES string of the molecule is CCC1COC(C)CN1C(=O)c1cccc(C(=O)O)n1. The van der Waals surface area contributed by atoms with Crippen LogP contribution in [-0.2, 0) is 4.74 Å². The zero-order chi connectivity index (χ0) is 14.7. The lowest BCUT2D eigenvalue weighted by molar-refractivity contribution is -0.0446. The molecule has 2 unspecified atom stereocenters. The van der Waals surface area contributed by atoms with Crippen LogP contribution in [0, 0.1) is 0 Å². The predicted molar refractivity (Wildman–Crippen MR) is 71.7 cm³/mol. The largest absolute Gasteiger partial charge is 0.477 e. The van der Waals surface area contributed by atoms with Crippen LogP contribution in [0.1, 0.15) is 41.2 Å². The number of ether oxygens (including phenoxy) is 1. The van der Waals surface area contributed by atoms with Gasteiger partial charge in [-0.2, -0.15) is 0 Å². The Hall–Kier alpha value is -1.95. The standard InChI is InChI=1S/C14H18N2O4/c1-3-10-8-20-9(2)7-16(10)13(17)11-5-4-6-12(15-11)14(18)19/h4-6,9-10H,3,7-8H2,1-2H3,(H,18,19). The van der Waals surface area contributed by atoms with E-state index in [0.717, 1.165) is 6.42 Å². The molecule has 0 aromatic carbocycles. The number of nitrogens with zero attached hydrogens (tertiary/aromatic N) is 2. The number of aromatic nitrogens is 1. The van der Waals surface area contributed by atoms with Crippen LogP contribution in [0.15, 0.2) is 18.2 Å². The highest BCUT2D eigenvalue weighted by molar-refractivity contribution is 5.94. The first-order valence-corrected chi connectivity index (χ1v) is 6.65. The van der Waals surface area contributed by atoms with E-state index in [9.17, 15) is 9.59 Å². The van der Waals surface area contributed by atoms with Crippen LogP contribution in [0.4, 0.5) is 0 Å². The molecule has 0 radical (unpaired) electrons. The van der Waals surface area contributed by atoms with Gasteiger partial charge in [-0.1, -0.05) is 13.0 Å². The summed E-state index contributed by atoms with van der Waals surface area (Å²) in [5.74, 6) is -1.38. The summed E-state index contributed by atoms with van der Waals surface area (Å²) in [6.45, 7) is 4.90. The van der Waals surface area contributed by atoms with Gasteiger partial charge in [0.1, 0.15) is 11.4 Å². The third-order valence-electron chi connectivity index (χ3n) is 3.39. The fraction of sp³-hybridized carbons (Fsp3) is 0.500. The van der Waals surface area contributed by atoms with Crippen molar-refractivity contribution in [3.63, 3.8) is 0 Å². The molecule has 1 fully saturated rings. The second-order valence-electron chi connectivity index (χ2n) is 4.88. The molecular formula is C14H18N2O4. The van der Waals surface area contributed by atoms with Crippen molar-refractivity contribution in [1.82, 2.24) is 9.88 Å². The van der Waals surface area contributed by atoms with Crippen molar-refractivity contribution in [1.29, 1.82) is 0 Å². The summed E-state index contributed by atoms with van der Waals surface area (Å²) >= 11 is 0. The van der Waals surface area contributed by atoms with Gasteiger partial charge >= 0.3 is 5.97 Å². The molecule has 0 spiro atoms. The first-order chi connectivity index (χ1) is 9.52. The van der Waals surface area contributed by atoms with E-state index < -0.39 is 5.97 Å². The number of hydrogen-bond donors (Lipinski definition) is 1. The van der Waals surface area contributed by atoms with Crippen molar-refractivity contribution in [3.8, 4) is 0 Å². The third kappa shape index (κ3) is 2.96. The molecule has 1 aromatic rings. The quantitative estimate of drug-likeness (QED) is 0.904. The summed E-state index contributed by atoms with van der Waals surface area (Å²) in [5.41, 5.74) is 0.0441. The summed E-state index contributed by atoms with van der Waals surface area (Å²) in [6, 6.07) is 4.46. The van der Waals surface area contributed by atoms with Crippen LogP contribution in [-0.4, -0.2) is 52.2 Å². The van der Waals surface area contributed by atoms with Gasteiger partial charge in [0.05, 0.1) is 18.8 Å². The average Bonchev–Trinajstić information content (AvgIpc) is 2.46. The minimum atomic E-state index is -1.14. The summed E-state index contributed by atoms with van der Waals surface area (Å²) in [7, 11) is 0. The fourth-order valence-electron chi connectivity index (χ4n) is 2.25. The maximum atomic E-state index is 12.5. The molecule has 1 aliphatic heterocycles. The van der Waals surface area contributed by atoms with E-state index in [-0.39, 0.29) is 29.4 Å². The molecule has 2 rings (SSSR count). The molecule has 0 saturated carbocycles. The van der Waals surface area contributed by atoms with Crippen LogP contribution in [0.25, 0.3) is 0 Å². The molecule has 1 N–H and O–H groups in total. The Morgan fingerprint density at radius 1 is 1.45 bits per heavy atom. The van der Waals surface area contributed by atoms with Gasteiger partial charge in [-0.05, 0) is 25.5 Å². The van der Waals surface area contributed by atoms with Crippen molar-refractivity contribution in [2.45, 2.75) is 32.4 Å². The Labute approximate surface area is 117 Å². The normalized spacial score (nSPS) is 22.6. The number of carbonyl (C=O) groups excluding carboxylic acids is 1. The maximum Gasteiger partial charge on any atom is 0.354 e. The molecule has 20 heavy (non-hydrogen) atoms. The number of carbonyl (C=O) groups is 2. The Bertz CT molecular complexity index is 518. The molecule has 2 heterocycles. The molecule has 2 atom stereocenters. The van der Waals surface area contributed by atoms with Crippen LogP contribution in [0.3, 0.4) is 0 Å². The lowest BCUT2D eigenvalue weighted by Gasteiger charge is -2.38. The van der Waals surface area contributed by atoms with E-state index in [0.29, 0.717) is 13.2 Å². The smallest absolute Gasteiger partial charge is 0.354 e. The van der Waals surface area contributed by atoms with Crippen molar-refractivity contribution in [3.05, 3.63) is 29.6 Å². The number of aromatic carboxylic acids is 1. The molecule has 1 saturated heterocycles. The van der Waals surface area contributed by atoms with Crippen molar-refractivity contribution in [2.24, 2.45) is 0 Å². The zero-order valence-electron chi connectivity index (χ0n) is 11.6. The highest BCUT2D eigenvalue weighted by Crippen LogP contribution is 2.17. The lowest BCUT2D eigenvalue weighted by atomic mass is 10.1. The van der Waals surface area contributed by atoms with E-state index in [4.69, 9.17) is 9.84 Å². The van der Waals surface area contributed by atoms with Gasteiger partial charge in [-0.25, -0.2) is 9.78 Å². The third-order valence-corrected chi connectivity index (χ3v) is 3.39. The van der Waals surface area contributed by atoms with E-state index in [1.165, 1.54) is 12.1 Å². The summed E-state index contributed by atoms with van der Waals surface area (Å²) < 4.78 is 5.55. The average molecular weight is 278 g/mol. The fourth-order valence-corrected chi connectivity index (χ4v) is 2.25. The zero-order valence-corrected chi connectivity index (χ0v) is 11.6. The molecule has 108 valence electrons. The molecule has 0 aliphatic carbocycles. The Morgan fingerprint density at radius 2 is 2.15 bits per heavy atom. The topological polar surface area (TPSA) is 79.7 Å². The molecule has 6 nitrogen and oxygen atoms in total. The Kier molecular flexibility index (Phi) is 4.34. The molecular weight excluding hydrogens is 260 g/mol. The first kappa shape index (κ1) is 14.5. The van der Waals surface area contributed by atoms with Crippen LogP contribution in [0.5, 0.6) is 0 Å². The molecule has 6 heteroatoms. The number of morpholine rings is 1. The number of hydrogen-bond acceptors (Lipinski definition) is 4. The number of carboxylic acids is 1. The number of pyridine rings is 1. The predicted octanol–water partition coefficient (Wildman–Crippen LogP) is 1.42. The molecule has 1 amide bonds. The first-order valence-electron chi connectivity index (χ1n) is 6.65. The maximum absolute atomic E-state index is 12.5. The van der Waals surface area contributed by atoms with Gasteiger partial charge in [-0.15, -0.1) is 0 Å². The number of amides is 1. The van der Waals surface area contributed by atoms with Gasteiger partial charge in [0.25, 0.3) is 5.91 Å². The van der Waals surface area contributed by atoms with Gasteiger partial charge in [0, 0.05) is 6.54 Å². The van der Waals surface area contributed by atoms with Crippen molar-refractivity contribution in [2.75, 3.05) is 13.2 Å². The summed E-state index contributed by atoms with van der Waals surface area (Å²) in [6.07, 6.45) is 0.765. The van der Waals surface area contributed by atoms with Gasteiger partial charge < -0.3 is 14.7 Å². The second kappa shape index (κ2) is 6.00.